The number of guanidine groups is 1. The number of hydrogen-bond acceptors (Lipinski definition) is 4. The number of anilines is 1. The number of benzene rings is 2. The summed E-state index contributed by atoms with van der Waals surface area (Å²) in [6, 6.07) is 12.5. The second-order valence-electron chi connectivity index (χ2n) is 5.49. The van der Waals surface area contributed by atoms with Crippen LogP contribution in [0.5, 0.6) is 11.5 Å². The van der Waals surface area contributed by atoms with Crippen molar-refractivity contribution in [3.05, 3.63) is 53.1 Å². The van der Waals surface area contributed by atoms with E-state index in [0.717, 1.165) is 10.5 Å². The van der Waals surface area contributed by atoms with Crippen LogP contribution < -0.4 is 20.1 Å². The summed E-state index contributed by atoms with van der Waals surface area (Å²) >= 11 is 6.48. The van der Waals surface area contributed by atoms with Crippen LogP contribution in [0.15, 0.2) is 42.5 Å². The lowest BCUT2D eigenvalue weighted by Gasteiger charge is -2.26. The maximum absolute atomic E-state index is 12.5. The SMILES string of the molecule is COc1ccc(OCc2ccccc2)c(Cl)c1N(C)C(=O)N(C)C(=N)N. The van der Waals surface area contributed by atoms with E-state index >= 15 is 0 Å². The van der Waals surface area contributed by atoms with E-state index < -0.39 is 6.03 Å². The molecule has 2 aromatic carbocycles. The highest BCUT2D eigenvalue weighted by Gasteiger charge is 2.25. The molecule has 0 unspecified atom stereocenters. The number of carbonyl (C=O) groups excluding carboxylic acids is 1. The Balaban J connectivity index is 2.32. The number of nitrogens with one attached hydrogen (secondary N) is 1. The smallest absolute Gasteiger partial charge is 0.330 e. The van der Waals surface area contributed by atoms with Crippen LogP contribution in [0.4, 0.5) is 10.5 Å². The predicted octanol–water partition coefficient (Wildman–Crippen LogP) is 3.31. The third-order valence-electron chi connectivity index (χ3n) is 3.77. The molecule has 0 bridgehead atoms. The number of methoxy groups -OCH3 is 1. The zero-order valence-electron chi connectivity index (χ0n) is 14.8. The number of carbonyl (C=O) groups is 1. The Morgan fingerprint density at radius 2 is 1.77 bits per heavy atom. The Bertz CT molecular complexity index is 799. The van der Waals surface area contributed by atoms with Crippen LogP contribution in [0.1, 0.15) is 5.56 Å². The van der Waals surface area contributed by atoms with E-state index in [-0.39, 0.29) is 11.0 Å². The topological polar surface area (TPSA) is 91.9 Å². The molecule has 0 aliphatic carbocycles. The van der Waals surface area contributed by atoms with Crippen LogP contribution in [-0.2, 0) is 6.61 Å². The van der Waals surface area contributed by atoms with Gasteiger partial charge in [-0.05, 0) is 17.7 Å². The molecule has 2 aromatic rings. The fourth-order valence-corrected chi connectivity index (χ4v) is 2.61. The zero-order valence-corrected chi connectivity index (χ0v) is 15.6. The van der Waals surface area contributed by atoms with E-state index in [1.54, 1.807) is 12.1 Å². The lowest BCUT2D eigenvalue weighted by Crippen LogP contribution is -2.45. The van der Waals surface area contributed by atoms with Crippen molar-refractivity contribution in [2.24, 2.45) is 5.73 Å². The van der Waals surface area contributed by atoms with Crippen LogP contribution >= 0.6 is 11.6 Å². The second-order valence-corrected chi connectivity index (χ2v) is 5.87. The molecule has 0 atom stereocenters. The van der Waals surface area contributed by atoms with Gasteiger partial charge in [0.15, 0.2) is 5.96 Å². The Hall–Kier alpha value is -2.93. The van der Waals surface area contributed by atoms with Gasteiger partial charge >= 0.3 is 6.03 Å². The number of urea groups is 1. The fraction of sp³-hybridized carbons (Fsp3) is 0.222. The fourth-order valence-electron chi connectivity index (χ4n) is 2.28. The van der Waals surface area contributed by atoms with E-state index in [0.29, 0.717) is 23.8 Å². The Labute approximate surface area is 157 Å². The maximum Gasteiger partial charge on any atom is 0.330 e. The number of nitrogens with two attached hydrogens (primary N) is 1. The molecule has 8 heteroatoms. The summed E-state index contributed by atoms with van der Waals surface area (Å²) in [5.41, 5.74) is 6.70. The van der Waals surface area contributed by atoms with Crippen LogP contribution in [0.25, 0.3) is 0 Å². The van der Waals surface area contributed by atoms with Gasteiger partial charge in [0.05, 0.1) is 7.11 Å². The minimum absolute atomic E-state index is 0.230. The third-order valence-corrected chi connectivity index (χ3v) is 4.14. The highest BCUT2D eigenvalue weighted by Crippen LogP contribution is 2.42. The first-order valence-electron chi connectivity index (χ1n) is 7.75. The first-order chi connectivity index (χ1) is 12.4. The normalized spacial score (nSPS) is 10.2. The largest absolute Gasteiger partial charge is 0.495 e. The van der Waals surface area contributed by atoms with Crippen molar-refractivity contribution < 1.29 is 14.3 Å². The van der Waals surface area contributed by atoms with Gasteiger partial charge in [-0.25, -0.2) is 4.79 Å². The molecular weight excluding hydrogens is 356 g/mol. The summed E-state index contributed by atoms with van der Waals surface area (Å²) in [6.07, 6.45) is 0. The number of ether oxygens (including phenoxy) is 2. The van der Waals surface area contributed by atoms with Crippen molar-refractivity contribution in [3.63, 3.8) is 0 Å². The molecule has 26 heavy (non-hydrogen) atoms. The number of nitrogens with zero attached hydrogens (tertiary/aromatic N) is 2. The first kappa shape index (κ1) is 19.4. The van der Waals surface area contributed by atoms with Crippen LogP contribution in [0.3, 0.4) is 0 Å². The van der Waals surface area contributed by atoms with Crippen LogP contribution in [0.2, 0.25) is 5.02 Å². The van der Waals surface area contributed by atoms with E-state index in [9.17, 15) is 4.79 Å². The van der Waals surface area contributed by atoms with Crippen molar-refractivity contribution in [1.29, 1.82) is 5.41 Å². The maximum atomic E-state index is 12.5. The lowest BCUT2D eigenvalue weighted by atomic mass is 10.2. The number of halogens is 1. The predicted molar refractivity (Wildman–Crippen MR) is 102 cm³/mol. The molecule has 0 aliphatic heterocycles. The van der Waals surface area contributed by atoms with Gasteiger partial charge in [-0.1, -0.05) is 41.9 Å². The molecule has 3 N–H and O–H groups in total. The molecule has 0 aromatic heterocycles. The summed E-state index contributed by atoms with van der Waals surface area (Å²) in [5.74, 6) is 0.430. The van der Waals surface area contributed by atoms with Gasteiger partial charge in [-0.2, -0.15) is 0 Å². The molecule has 0 saturated heterocycles. The van der Waals surface area contributed by atoms with Gasteiger partial charge in [-0.15, -0.1) is 0 Å². The van der Waals surface area contributed by atoms with Crippen molar-refractivity contribution in [2.45, 2.75) is 6.61 Å². The van der Waals surface area contributed by atoms with E-state index in [4.69, 9.17) is 32.2 Å². The van der Waals surface area contributed by atoms with Crippen molar-refractivity contribution >= 4 is 29.3 Å². The molecule has 138 valence electrons. The lowest BCUT2D eigenvalue weighted by molar-refractivity contribution is 0.233. The quantitative estimate of drug-likeness (QED) is 0.618. The van der Waals surface area contributed by atoms with E-state index in [1.165, 1.54) is 26.1 Å². The molecular formula is C18H21ClN4O3. The van der Waals surface area contributed by atoms with Crippen molar-refractivity contribution in [3.8, 4) is 11.5 Å². The minimum atomic E-state index is -0.530. The van der Waals surface area contributed by atoms with E-state index in [1.807, 2.05) is 30.3 Å². The van der Waals surface area contributed by atoms with Crippen LogP contribution in [-0.4, -0.2) is 38.1 Å². The summed E-state index contributed by atoms with van der Waals surface area (Å²) in [4.78, 5) is 14.7. The molecule has 0 heterocycles. The van der Waals surface area contributed by atoms with Gasteiger partial charge < -0.3 is 15.2 Å². The molecule has 7 nitrogen and oxygen atoms in total. The minimum Gasteiger partial charge on any atom is -0.495 e. The number of amides is 2. The molecule has 2 rings (SSSR count). The Kier molecular flexibility index (Phi) is 6.30. The Morgan fingerprint density at radius 3 is 2.35 bits per heavy atom. The summed E-state index contributed by atoms with van der Waals surface area (Å²) < 4.78 is 11.1. The van der Waals surface area contributed by atoms with Gasteiger partial charge in [0.2, 0.25) is 0 Å². The summed E-state index contributed by atoms with van der Waals surface area (Å²) in [5, 5.41) is 7.64. The molecule has 0 fully saturated rings. The first-order valence-corrected chi connectivity index (χ1v) is 8.13. The molecule has 0 aliphatic rings. The molecule has 0 saturated carbocycles. The Morgan fingerprint density at radius 1 is 1.15 bits per heavy atom. The van der Waals surface area contributed by atoms with Gasteiger partial charge in [0.1, 0.15) is 28.8 Å². The number of rotatable bonds is 5. The summed E-state index contributed by atoms with van der Waals surface area (Å²) in [6.45, 7) is 0.331. The monoisotopic (exact) mass is 376 g/mol. The molecule has 0 spiro atoms. The van der Waals surface area contributed by atoms with Gasteiger partial charge in [0, 0.05) is 14.1 Å². The zero-order chi connectivity index (χ0) is 19.3. The van der Waals surface area contributed by atoms with Crippen LogP contribution in [0, 0.1) is 5.41 Å². The summed E-state index contributed by atoms with van der Waals surface area (Å²) in [7, 11) is 4.40. The van der Waals surface area contributed by atoms with Crippen molar-refractivity contribution in [2.75, 3.05) is 26.1 Å². The average Bonchev–Trinajstić information content (AvgIpc) is 2.65. The third kappa shape index (κ3) is 4.18. The molecule has 0 radical (unpaired) electrons. The number of hydrogen-bond donors (Lipinski definition) is 2. The average molecular weight is 377 g/mol. The standard InChI is InChI=1S/C18H21ClN4O3/c1-22(18(24)23(2)17(20)21)16-14(25-3)10-9-13(15(16)19)26-11-12-7-5-4-6-8-12/h4-10H,11H2,1-3H3,(H3,20,21). The highest BCUT2D eigenvalue weighted by molar-refractivity contribution is 6.35. The van der Waals surface area contributed by atoms with Gasteiger partial charge in [0.25, 0.3) is 0 Å². The molecule has 2 amide bonds. The second kappa shape index (κ2) is 8.44. The highest BCUT2D eigenvalue weighted by atomic mass is 35.5. The van der Waals surface area contributed by atoms with Crippen molar-refractivity contribution in [1.82, 2.24) is 4.90 Å². The van der Waals surface area contributed by atoms with E-state index in [2.05, 4.69) is 0 Å². The van der Waals surface area contributed by atoms with Gasteiger partial charge in [-0.3, -0.25) is 15.2 Å².